The van der Waals surface area contributed by atoms with Crippen LogP contribution in [0.4, 0.5) is 22.6 Å². The highest BCUT2D eigenvalue weighted by atomic mass is 32.1. The summed E-state index contributed by atoms with van der Waals surface area (Å²) in [7, 11) is 0. The molecule has 0 aliphatic rings. The van der Waals surface area contributed by atoms with Crippen molar-refractivity contribution in [3.05, 3.63) is 11.2 Å². The molecule has 0 fully saturated rings. The van der Waals surface area contributed by atoms with E-state index >= 15 is 0 Å². The fraction of sp³-hybridized carbons (Fsp3) is 0.429. The Morgan fingerprint density at radius 3 is 2.75 bits per heavy atom. The van der Waals surface area contributed by atoms with Crippen LogP contribution in [0.5, 0.6) is 0 Å². The van der Waals surface area contributed by atoms with Crippen LogP contribution in [0, 0.1) is 0 Å². The minimum atomic E-state index is -4.21. The molecule has 0 aliphatic heterocycles. The van der Waals surface area contributed by atoms with Gasteiger partial charge in [-0.2, -0.15) is 8.78 Å². The van der Waals surface area contributed by atoms with Crippen LogP contribution in [-0.2, 0) is 0 Å². The summed E-state index contributed by atoms with van der Waals surface area (Å²) in [6.07, 6.45) is -3.80. The molecule has 0 atom stereocenters. The number of carboxylic acid groups (broad SMARTS) is 1. The highest BCUT2D eigenvalue weighted by molar-refractivity contribution is 7.14. The second-order valence-electron chi connectivity index (χ2n) is 2.75. The molecule has 1 heterocycles. The lowest BCUT2D eigenvalue weighted by Crippen LogP contribution is -2.34. The highest BCUT2D eigenvalue weighted by Crippen LogP contribution is 2.26. The Kier molecular flexibility index (Phi) is 3.68. The Labute approximate surface area is 90.9 Å². The first-order valence-electron chi connectivity index (χ1n) is 3.91. The second-order valence-corrected chi connectivity index (χ2v) is 3.61. The number of nitrogens with zero attached hydrogens (tertiary/aromatic N) is 1. The predicted molar refractivity (Wildman–Crippen MR) is 48.5 cm³/mol. The average Bonchev–Trinajstić information content (AvgIpc) is 2.62. The van der Waals surface area contributed by atoms with Gasteiger partial charge in [0.2, 0.25) is 0 Å². The number of anilines is 1. The van der Waals surface area contributed by atoms with E-state index in [9.17, 15) is 22.4 Å². The number of aromatic nitrogens is 1. The van der Waals surface area contributed by atoms with Crippen LogP contribution in [0.2, 0.25) is 0 Å². The molecular formula is C7H6F4N2O2S. The number of carbonyl (C=O) groups is 1. The Morgan fingerprint density at radius 2 is 2.25 bits per heavy atom. The number of thiazole rings is 1. The van der Waals surface area contributed by atoms with E-state index in [-0.39, 0.29) is 5.00 Å². The molecular weight excluding hydrogens is 252 g/mol. The third-order valence-corrected chi connectivity index (χ3v) is 2.36. The number of alkyl halides is 4. The third-order valence-electron chi connectivity index (χ3n) is 1.57. The first kappa shape index (κ1) is 12.7. The van der Waals surface area contributed by atoms with Crippen LogP contribution in [-0.4, -0.2) is 35.0 Å². The minimum absolute atomic E-state index is 0.173. The summed E-state index contributed by atoms with van der Waals surface area (Å²) in [5.74, 6) is -5.62. The van der Waals surface area contributed by atoms with Crippen molar-refractivity contribution in [2.24, 2.45) is 0 Å². The molecule has 0 spiro atoms. The van der Waals surface area contributed by atoms with Gasteiger partial charge < -0.3 is 10.4 Å². The second kappa shape index (κ2) is 4.64. The number of hydrogen-bond donors (Lipinski definition) is 2. The zero-order valence-electron chi connectivity index (χ0n) is 7.58. The number of rotatable bonds is 5. The Morgan fingerprint density at radius 1 is 1.62 bits per heavy atom. The van der Waals surface area contributed by atoms with Crippen LogP contribution in [0.15, 0.2) is 5.51 Å². The Balaban J connectivity index is 2.68. The number of hydrogen-bond acceptors (Lipinski definition) is 4. The van der Waals surface area contributed by atoms with Gasteiger partial charge in [0.1, 0.15) is 5.00 Å². The van der Waals surface area contributed by atoms with E-state index in [0.29, 0.717) is 0 Å². The lowest BCUT2D eigenvalue weighted by Gasteiger charge is -2.15. The van der Waals surface area contributed by atoms with E-state index in [1.54, 1.807) is 0 Å². The summed E-state index contributed by atoms with van der Waals surface area (Å²) in [6.45, 7) is -1.34. The summed E-state index contributed by atoms with van der Waals surface area (Å²) in [4.78, 5) is 13.9. The summed E-state index contributed by atoms with van der Waals surface area (Å²) >= 11 is 0.749. The van der Waals surface area contributed by atoms with Gasteiger partial charge in [-0.1, -0.05) is 0 Å². The molecule has 1 aromatic rings. The first-order valence-corrected chi connectivity index (χ1v) is 4.79. The van der Waals surface area contributed by atoms with E-state index in [2.05, 4.69) is 4.98 Å². The molecule has 90 valence electrons. The van der Waals surface area contributed by atoms with Crippen molar-refractivity contribution in [1.29, 1.82) is 0 Å². The van der Waals surface area contributed by atoms with Gasteiger partial charge >= 0.3 is 18.3 Å². The Bertz CT molecular complexity index is 382. The van der Waals surface area contributed by atoms with Crippen molar-refractivity contribution in [3.8, 4) is 0 Å². The minimum Gasteiger partial charge on any atom is -0.476 e. The molecule has 9 heteroatoms. The van der Waals surface area contributed by atoms with E-state index in [4.69, 9.17) is 5.11 Å². The van der Waals surface area contributed by atoms with Gasteiger partial charge in [-0.15, -0.1) is 11.3 Å². The molecule has 0 aliphatic carbocycles. The average molecular weight is 258 g/mol. The fourth-order valence-corrected chi connectivity index (χ4v) is 1.47. The summed E-state index contributed by atoms with van der Waals surface area (Å²) in [5, 5.41) is 10.3. The van der Waals surface area contributed by atoms with Gasteiger partial charge in [0, 0.05) is 0 Å². The van der Waals surface area contributed by atoms with Crippen LogP contribution >= 0.6 is 11.3 Å². The lowest BCUT2D eigenvalue weighted by atomic mass is 10.3. The molecule has 0 unspecified atom stereocenters. The SMILES string of the molecule is O=C(O)c1ncsc1NCC(F)(F)C(F)F. The quantitative estimate of drug-likeness (QED) is 0.794. The molecule has 0 radical (unpaired) electrons. The molecule has 1 rings (SSSR count). The van der Waals surface area contributed by atoms with Crippen molar-refractivity contribution >= 4 is 22.3 Å². The van der Waals surface area contributed by atoms with Crippen LogP contribution in [0.3, 0.4) is 0 Å². The number of halogens is 4. The van der Waals surface area contributed by atoms with Gasteiger partial charge in [0.25, 0.3) is 0 Å². The molecule has 0 saturated heterocycles. The van der Waals surface area contributed by atoms with Crippen molar-refractivity contribution in [2.75, 3.05) is 11.9 Å². The van der Waals surface area contributed by atoms with Gasteiger partial charge in [-0.25, -0.2) is 18.6 Å². The molecule has 0 bridgehead atoms. The number of nitrogens with one attached hydrogen (secondary N) is 1. The Hall–Kier alpha value is -1.38. The highest BCUT2D eigenvalue weighted by Gasteiger charge is 2.40. The fourth-order valence-electron chi connectivity index (χ4n) is 0.799. The normalized spacial score (nSPS) is 11.8. The molecule has 0 amide bonds. The molecule has 2 N–H and O–H groups in total. The maximum absolute atomic E-state index is 12.5. The first-order chi connectivity index (χ1) is 7.34. The lowest BCUT2D eigenvalue weighted by molar-refractivity contribution is -0.117. The smallest absolute Gasteiger partial charge is 0.357 e. The van der Waals surface area contributed by atoms with Crippen molar-refractivity contribution in [3.63, 3.8) is 0 Å². The van der Waals surface area contributed by atoms with Crippen LogP contribution in [0.25, 0.3) is 0 Å². The molecule has 16 heavy (non-hydrogen) atoms. The summed E-state index contributed by atoms with van der Waals surface area (Å²) in [6, 6.07) is 0. The topological polar surface area (TPSA) is 62.2 Å². The van der Waals surface area contributed by atoms with E-state index in [1.807, 2.05) is 5.32 Å². The molecule has 0 saturated carbocycles. The molecule has 1 aromatic heterocycles. The van der Waals surface area contributed by atoms with E-state index in [0.717, 1.165) is 16.8 Å². The third kappa shape index (κ3) is 2.81. The molecule has 0 aromatic carbocycles. The molecule has 4 nitrogen and oxygen atoms in total. The maximum atomic E-state index is 12.5. The van der Waals surface area contributed by atoms with Crippen molar-refractivity contribution in [2.45, 2.75) is 12.3 Å². The van der Waals surface area contributed by atoms with Crippen molar-refractivity contribution in [1.82, 2.24) is 4.98 Å². The number of aromatic carboxylic acids is 1. The van der Waals surface area contributed by atoms with Crippen LogP contribution < -0.4 is 5.32 Å². The maximum Gasteiger partial charge on any atom is 0.357 e. The summed E-state index contributed by atoms with van der Waals surface area (Å²) < 4.78 is 48.6. The van der Waals surface area contributed by atoms with Gasteiger partial charge in [0.05, 0.1) is 12.1 Å². The largest absolute Gasteiger partial charge is 0.476 e. The summed E-state index contributed by atoms with van der Waals surface area (Å²) in [5.41, 5.74) is 0.654. The van der Waals surface area contributed by atoms with E-state index < -0.39 is 30.6 Å². The zero-order chi connectivity index (χ0) is 12.3. The van der Waals surface area contributed by atoms with E-state index in [1.165, 1.54) is 0 Å². The monoisotopic (exact) mass is 258 g/mol. The zero-order valence-corrected chi connectivity index (χ0v) is 8.40. The predicted octanol–water partition coefficient (Wildman–Crippen LogP) is 2.15. The van der Waals surface area contributed by atoms with Crippen LogP contribution in [0.1, 0.15) is 10.5 Å². The standard InChI is InChI=1S/C7H6F4N2O2S/c8-6(9)7(10,11)1-12-4-3(5(14)15)13-2-16-4/h2,6,12H,1H2,(H,14,15). The van der Waals surface area contributed by atoms with Gasteiger partial charge in [-0.3, -0.25) is 0 Å². The van der Waals surface area contributed by atoms with Crippen molar-refractivity contribution < 1.29 is 27.5 Å². The van der Waals surface area contributed by atoms with Gasteiger partial charge in [-0.05, 0) is 0 Å². The van der Waals surface area contributed by atoms with Gasteiger partial charge in [0.15, 0.2) is 5.69 Å². The number of carboxylic acids is 1.